The van der Waals surface area contributed by atoms with Gasteiger partial charge >= 0.3 is 30.2 Å². The first-order valence-electron chi connectivity index (χ1n) is 7.66. The average molecular weight is 415 g/mol. The van der Waals surface area contributed by atoms with E-state index in [9.17, 15) is 40.7 Å². The Labute approximate surface area is 154 Å². The lowest BCUT2D eigenvalue weighted by atomic mass is 10.1. The third-order valence-corrected chi connectivity index (χ3v) is 3.00. The molecule has 1 aromatic rings. The Kier molecular flexibility index (Phi) is 7.42. The van der Waals surface area contributed by atoms with Gasteiger partial charge in [-0.25, -0.2) is 9.59 Å². The zero-order valence-corrected chi connectivity index (χ0v) is 14.5. The Morgan fingerprint density at radius 3 is 1.93 bits per heavy atom. The van der Waals surface area contributed by atoms with Crippen molar-refractivity contribution in [2.24, 2.45) is 0 Å². The number of esters is 2. The van der Waals surface area contributed by atoms with E-state index >= 15 is 0 Å². The molecule has 0 aromatic heterocycles. The van der Waals surface area contributed by atoms with Crippen molar-refractivity contribution in [3.63, 3.8) is 0 Å². The highest BCUT2D eigenvalue weighted by molar-refractivity contribution is 5.87. The van der Waals surface area contributed by atoms with Gasteiger partial charge in [-0.3, -0.25) is 4.79 Å². The summed E-state index contributed by atoms with van der Waals surface area (Å²) in [5.41, 5.74) is 0.167. The minimum absolute atomic E-state index is 0.167. The molecule has 0 spiro atoms. The molecule has 0 radical (unpaired) electrons. The Hall–Kier alpha value is -2.79. The van der Waals surface area contributed by atoms with Crippen LogP contribution in [0.5, 0.6) is 5.75 Å². The Morgan fingerprint density at radius 1 is 0.964 bits per heavy atom. The summed E-state index contributed by atoms with van der Waals surface area (Å²) < 4.78 is 82.6. The number of alkyl halides is 6. The molecule has 0 aliphatic rings. The normalized spacial score (nSPS) is 13.0. The van der Waals surface area contributed by atoms with Crippen LogP contribution in [0.4, 0.5) is 26.3 Å². The van der Waals surface area contributed by atoms with Crippen LogP contribution < -0.4 is 10.1 Å². The quantitative estimate of drug-likeness (QED) is 0.439. The number of hydrogen-bond donors (Lipinski definition) is 1. The Morgan fingerprint density at radius 2 is 1.50 bits per heavy atom. The highest BCUT2D eigenvalue weighted by atomic mass is 19.4. The van der Waals surface area contributed by atoms with Gasteiger partial charge in [0.2, 0.25) is 0 Å². The van der Waals surface area contributed by atoms with Crippen molar-refractivity contribution in [2.75, 3.05) is 0 Å². The van der Waals surface area contributed by atoms with Gasteiger partial charge in [0.25, 0.3) is 0 Å². The SMILES string of the molecule is CC(C)OC(=O)C(Cc1ccc(OC(=O)C(F)(F)F)cc1)NC(=O)C(F)(F)F. The molecule has 1 atom stereocenters. The van der Waals surface area contributed by atoms with Gasteiger partial charge < -0.3 is 14.8 Å². The van der Waals surface area contributed by atoms with E-state index in [2.05, 4.69) is 4.74 Å². The van der Waals surface area contributed by atoms with Crippen LogP contribution >= 0.6 is 0 Å². The third-order valence-electron chi connectivity index (χ3n) is 3.00. The summed E-state index contributed by atoms with van der Waals surface area (Å²) in [7, 11) is 0. The molecule has 1 aromatic carbocycles. The molecule has 1 unspecified atom stereocenters. The number of rotatable bonds is 6. The molecule has 0 bridgehead atoms. The topological polar surface area (TPSA) is 81.7 Å². The van der Waals surface area contributed by atoms with Crippen LogP contribution in [-0.4, -0.2) is 42.3 Å². The van der Waals surface area contributed by atoms with E-state index in [4.69, 9.17) is 4.74 Å². The lowest BCUT2D eigenvalue weighted by molar-refractivity contribution is -0.189. The van der Waals surface area contributed by atoms with E-state index in [-0.39, 0.29) is 5.56 Å². The second-order valence-corrected chi connectivity index (χ2v) is 5.74. The van der Waals surface area contributed by atoms with Crippen LogP contribution in [0.3, 0.4) is 0 Å². The van der Waals surface area contributed by atoms with E-state index in [0.717, 1.165) is 24.3 Å². The predicted molar refractivity (Wildman–Crippen MR) is 81.0 cm³/mol. The first kappa shape index (κ1) is 23.2. The summed E-state index contributed by atoms with van der Waals surface area (Å²) in [6.07, 6.45) is -11.5. The van der Waals surface area contributed by atoms with Gasteiger partial charge in [0, 0.05) is 6.42 Å². The Bertz CT molecular complexity index is 712. The van der Waals surface area contributed by atoms with Crippen LogP contribution in [0, 0.1) is 0 Å². The number of carbonyl (C=O) groups excluding carboxylic acids is 3. The maximum absolute atomic E-state index is 12.4. The van der Waals surface area contributed by atoms with E-state index in [1.54, 1.807) is 0 Å². The lowest BCUT2D eigenvalue weighted by Gasteiger charge is -2.20. The van der Waals surface area contributed by atoms with Crippen molar-refractivity contribution in [1.29, 1.82) is 0 Å². The fourth-order valence-corrected chi connectivity index (χ4v) is 1.84. The highest BCUT2D eigenvalue weighted by Gasteiger charge is 2.42. The summed E-state index contributed by atoms with van der Waals surface area (Å²) >= 11 is 0. The van der Waals surface area contributed by atoms with E-state index in [1.807, 2.05) is 0 Å². The van der Waals surface area contributed by atoms with Gasteiger partial charge in [0.05, 0.1) is 6.10 Å². The van der Waals surface area contributed by atoms with Gasteiger partial charge in [-0.1, -0.05) is 12.1 Å². The number of amides is 1. The molecule has 0 aliphatic heterocycles. The monoisotopic (exact) mass is 415 g/mol. The molecular formula is C16H15F6NO5. The summed E-state index contributed by atoms with van der Waals surface area (Å²) in [4.78, 5) is 33.8. The van der Waals surface area contributed by atoms with Crippen LogP contribution in [0.25, 0.3) is 0 Å². The van der Waals surface area contributed by atoms with Gasteiger partial charge in [0.15, 0.2) is 0 Å². The van der Waals surface area contributed by atoms with Crippen molar-refractivity contribution in [1.82, 2.24) is 5.32 Å². The maximum Gasteiger partial charge on any atom is 0.491 e. The predicted octanol–water partition coefficient (Wildman–Crippen LogP) is 2.70. The van der Waals surface area contributed by atoms with Crippen molar-refractivity contribution in [3.8, 4) is 5.75 Å². The third kappa shape index (κ3) is 7.45. The van der Waals surface area contributed by atoms with Crippen LogP contribution in [0.15, 0.2) is 24.3 Å². The van der Waals surface area contributed by atoms with E-state index < -0.39 is 54.5 Å². The fraction of sp³-hybridized carbons (Fsp3) is 0.438. The van der Waals surface area contributed by atoms with Crippen molar-refractivity contribution >= 4 is 17.8 Å². The number of hydrogen-bond acceptors (Lipinski definition) is 5. The Balaban J connectivity index is 2.91. The molecule has 0 heterocycles. The van der Waals surface area contributed by atoms with Gasteiger partial charge in [-0.05, 0) is 31.5 Å². The molecule has 1 amide bonds. The maximum atomic E-state index is 12.4. The zero-order valence-electron chi connectivity index (χ0n) is 14.5. The molecule has 0 aliphatic carbocycles. The van der Waals surface area contributed by atoms with Gasteiger partial charge in [0.1, 0.15) is 11.8 Å². The lowest BCUT2D eigenvalue weighted by Crippen LogP contribution is -2.48. The fourth-order valence-electron chi connectivity index (χ4n) is 1.84. The minimum atomic E-state index is -5.23. The smallest absolute Gasteiger partial charge is 0.461 e. The summed E-state index contributed by atoms with van der Waals surface area (Å²) in [5.74, 6) is -6.39. The number of nitrogens with one attached hydrogen (secondary N) is 1. The molecule has 0 fully saturated rings. The largest absolute Gasteiger partial charge is 0.491 e. The van der Waals surface area contributed by atoms with E-state index in [0.29, 0.717) is 0 Å². The zero-order chi connectivity index (χ0) is 21.7. The number of benzene rings is 1. The van der Waals surface area contributed by atoms with Gasteiger partial charge in [-0.15, -0.1) is 0 Å². The second kappa shape index (κ2) is 8.93. The molecule has 156 valence electrons. The standard InChI is InChI=1S/C16H15F6NO5/c1-8(2)27-12(24)11(23-13(25)15(17,18)19)7-9-3-5-10(6-4-9)28-14(26)16(20,21)22/h3-6,8,11H,7H2,1-2H3,(H,23,25). The first-order chi connectivity index (χ1) is 12.7. The summed E-state index contributed by atoms with van der Waals surface area (Å²) in [5, 5.41) is 1.50. The van der Waals surface area contributed by atoms with Crippen molar-refractivity contribution in [2.45, 2.75) is 44.8 Å². The van der Waals surface area contributed by atoms with Crippen molar-refractivity contribution in [3.05, 3.63) is 29.8 Å². The molecule has 1 N–H and O–H groups in total. The van der Waals surface area contributed by atoms with E-state index in [1.165, 1.54) is 19.2 Å². The van der Waals surface area contributed by atoms with Crippen LogP contribution in [-0.2, 0) is 25.5 Å². The average Bonchev–Trinajstić information content (AvgIpc) is 2.53. The molecular weight excluding hydrogens is 400 g/mol. The minimum Gasteiger partial charge on any atom is -0.461 e. The molecule has 12 heteroatoms. The van der Waals surface area contributed by atoms with Gasteiger partial charge in [-0.2, -0.15) is 26.3 Å². The summed E-state index contributed by atoms with van der Waals surface area (Å²) in [6, 6.07) is 2.45. The number of ether oxygens (including phenoxy) is 2. The number of carbonyl (C=O) groups is 3. The second-order valence-electron chi connectivity index (χ2n) is 5.74. The van der Waals surface area contributed by atoms with Crippen LogP contribution in [0.2, 0.25) is 0 Å². The summed E-state index contributed by atoms with van der Waals surface area (Å²) in [6.45, 7) is 2.90. The van der Waals surface area contributed by atoms with Crippen molar-refractivity contribution < 1.29 is 50.2 Å². The molecule has 1 rings (SSSR count). The molecule has 0 saturated heterocycles. The molecule has 28 heavy (non-hydrogen) atoms. The van der Waals surface area contributed by atoms with Crippen LogP contribution in [0.1, 0.15) is 19.4 Å². The molecule has 0 saturated carbocycles. The first-order valence-corrected chi connectivity index (χ1v) is 7.66. The highest BCUT2D eigenvalue weighted by Crippen LogP contribution is 2.21. The number of halogens is 6. The molecule has 6 nitrogen and oxygen atoms in total.